The molecule has 3 aromatic rings. The van der Waals surface area contributed by atoms with E-state index in [9.17, 15) is 4.79 Å². The SMILES string of the molecule is COc1ccc(OC2CCN(c3ccc(C(=O)CC4CCN(Cc5ccc(C#N)cc5)CC4)nn3)CC2)cc1. The summed E-state index contributed by atoms with van der Waals surface area (Å²) >= 11 is 0. The Hall–Kier alpha value is -3.96. The normalized spacial score (nSPS) is 17.0. The Morgan fingerprint density at radius 3 is 2.21 bits per heavy atom. The van der Waals surface area contributed by atoms with Crippen LogP contribution in [0, 0.1) is 17.2 Å². The number of Topliss-reactive ketones (excluding diaryl/α,β-unsaturated/α-hetero) is 1. The third-order valence-electron chi connectivity index (χ3n) is 7.73. The van der Waals surface area contributed by atoms with Crippen LogP contribution in [0.1, 0.15) is 53.7 Å². The standard InChI is InChI=1S/C31H35N5O3/c1-38-26-6-8-27(9-7-26)39-28-14-18-36(19-15-28)31-11-10-29(33-34-31)30(37)20-23-12-16-35(17-13-23)22-25-4-2-24(21-32)3-5-25/h2-11,23,28H,12-20,22H2,1H3. The molecule has 0 amide bonds. The Morgan fingerprint density at radius 2 is 1.59 bits per heavy atom. The molecule has 1 aromatic heterocycles. The number of hydrogen-bond acceptors (Lipinski definition) is 8. The molecule has 202 valence electrons. The molecule has 5 rings (SSSR count). The number of benzene rings is 2. The smallest absolute Gasteiger partial charge is 0.183 e. The van der Waals surface area contributed by atoms with Crippen LogP contribution in [-0.4, -0.2) is 60.3 Å². The van der Waals surface area contributed by atoms with E-state index < -0.39 is 0 Å². The number of carbonyl (C=O) groups is 1. The third kappa shape index (κ3) is 7.12. The van der Waals surface area contributed by atoms with Gasteiger partial charge in [0.15, 0.2) is 11.6 Å². The molecule has 0 unspecified atom stereocenters. The lowest BCUT2D eigenvalue weighted by Gasteiger charge is -2.32. The highest BCUT2D eigenvalue weighted by Crippen LogP contribution is 2.25. The summed E-state index contributed by atoms with van der Waals surface area (Å²) in [4.78, 5) is 17.5. The number of methoxy groups -OCH3 is 1. The molecule has 0 bridgehead atoms. The first-order chi connectivity index (χ1) is 19.1. The van der Waals surface area contributed by atoms with E-state index in [1.54, 1.807) is 7.11 Å². The van der Waals surface area contributed by atoms with Crippen molar-refractivity contribution in [3.05, 3.63) is 77.5 Å². The second-order valence-electron chi connectivity index (χ2n) is 10.4. The van der Waals surface area contributed by atoms with Gasteiger partial charge < -0.3 is 14.4 Å². The number of hydrogen-bond donors (Lipinski definition) is 0. The Kier molecular flexibility index (Phi) is 8.69. The second kappa shape index (κ2) is 12.7. The molecule has 2 aromatic carbocycles. The van der Waals surface area contributed by atoms with Gasteiger partial charge in [0, 0.05) is 38.9 Å². The van der Waals surface area contributed by atoms with Crippen molar-refractivity contribution < 1.29 is 14.3 Å². The molecule has 3 heterocycles. The van der Waals surface area contributed by atoms with Gasteiger partial charge in [-0.3, -0.25) is 9.69 Å². The van der Waals surface area contributed by atoms with Gasteiger partial charge in [0.05, 0.1) is 18.7 Å². The molecule has 39 heavy (non-hydrogen) atoms. The molecular formula is C31H35N5O3. The van der Waals surface area contributed by atoms with Crippen molar-refractivity contribution in [3.63, 3.8) is 0 Å². The van der Waals surface area contributed by atoms with Crippen LogP contribution in [0.3, 0.4) is 0 Å². The first-order valence-electron chi connectivity index (χ1n) is 13.7. The summed E-state index contributed by atoms with van der Waals surface area (Å²) in [5, 5.41) is 17.6. The molecule has 2 aliphatic rings. The van der Waals surface area contributed by atoms with E-state index in [4.69, 9.17) is 14.7 Å². The van der Waals surface area contributed by atoms with E-state index in [2.05, 4.69) is 26.1 Å². The van der Waals surface area contributed by atoms with E-state index in [0.29, 0.717) is 23.6 Å². The van der Waals surface area contributed by atoms with Crippen molar-refractivity contribution >= 4 is 11.6 Å². The maximum atomic E-state index is 12.9. The fourth-order valence-electron chi connectivity index (χ4n) is 5.35. The van der Waals surface area contributed by atoms with Gasteiger partial charge in [-0.15, -0.1) is 10.2 Å². The highest BCUT2D eigenvalue weighted by Gasteiger charge is 2.24. The molecular weight excluding hydrogens is 490 g/mol. The Morgan fingerprint density at radius 1 is 0.897 bits per heavy atom. The lowest BCUT2D eigenvalue weighted by molar-refractivity contribution is 0.0919. The molecule has 0 radical (unpaired) electrons. The van der Waals surface area contributed by atoms with Crippen molar-refractivity contribution in [2.75, 3.05) is 38.2 Å². The highest BCUT2D eigenvalue weighted by molar-refractivity contribution is 5.94. The molecule has 0 aliphatic carbocycles. The second-order valence-corrected chi connectivity index (χ2v) is 10.4. The van der Waals surface area contributed by atoms with E-state index >= 15 is 0 Å². The van der Waals surface area contributed by atoms with Crippen LogP contribution in [0.25, 0.3) is 0 Å². The zero-order valence-corrected chi connectivity index (χ0v) is 22.5. The van der Waals surface area contributed by atoms with Gasteiger partial charge in [-0.25, -0.2) is 0 Å². The summed E-state index contributed by atoms with van der Waals surface area (Å²) in [5.74, 6) is 2.94. The number of rotatable bonds is 9. The molecule has 8 nitrogen and oxygen atoms in total. The first kappa shape index (κ1) is 26.6. The van der Waals surface area contributed by atoms with Crippen molar-refractivity contribution in [2.24, 2.45) is 5.92 Å². The van der Waals surface area contributed by atoms with Crippen LogP contribution in [0.15, 0.2) is 60.7 Å². The van der Waals surface area contributed by atoms with E-state index in [-0.39, 0.29) is 11.9 Å². The maximum Gasteiger partial charge on any atom is 0.183 e. The van der Waals surface area contributed by atoms with Crippen LogP contribution in [0.2, 0.25) is 0 Å². The topological polar surface area (TPSA) is 91.6 Å². The lowest BCUT2D eigenvalue weighted by atomic mass is 9.90. The Labute approximate surface area is 230 Å². The zero-order valence-electron chi connectivity index (χ0n) is 22.5. The number of nitriles is 1. The number of carbonyl (C=O) groups excluding carboxylic acids is 1. The van der Waals surface area contributed by atoms with E-state index in [1.165, 1.54) is 5.56 Å². The summed E-state index contributed by atoms with van der Waals surface area (Å²) in [6.45, 7) is 4.50. The summed E-state index contributed by atoms with van der Waals surface area (Å²) in [7, 11) is 1.66. The molecule has 2 saturated heterocycles. The fraction of sp³-hybridized carbons (Fsp3) is 0.419. The van der Waals surface area contributed by atoms with Crippen LogP contribution < -0.4 is 14.4 Å². The van der Waals surface area contributed by atoms with Gasteiger partial charge in [0.25, 0.3) is 0 Å². The van der Waals surface area contributed by atoms with E-state index in [1.807, 2.05) is 60.7 Å². The average molecular weight is 526 g/mol. The number of ether oxygens (including phenoxy) is 2. The molecule has 2 aliphatic heterocycles. The summed E-state index contributed by atoms with van der Waals surface area (Å²) in [6, 6.07) is 21.4. The minimum Gasteiger partial charge on any atom is -0.497 e. The first-order valence-corrected chi connectivity index (χ1v) is 13.7. The van der Waals surface area contributed by atoms with Gasteiger partial charge >= 0.3 is 0 Å². The van der Waals surface area contributed by atoms with Gasteiger partial charge in [-0.2, -0.15) is 5.26 Å². The molecule has 0 saturated carbocycles. The van der Waals surface area contributed by atoms with Gasteiger partial charge in [-0.05, 0) is 85.9 Å². The number of anilines is 1. The van der Waals surface area contributed by atoms with Crippen molar-refractivity contribution in [1.29, 1.82) is 5.26 Å². The monoisotopic (exact) mass is 525 g/mol. The minimum absolute atomic E-state index is 0.0752. The Balaban J connectivity index is 1.04. The highest BCUT2D eigenvalue weighted by atomic mass is 16.5. The molecule has 0 spiro atoms. The van der Waals surface area contributed by atoms with Crippen LogP contribution >= 0.6 is 0 Å². The molecule has 2 fully saturated rings. The quantitative estimate of drug-likeness (QED) is 0.365. The van der Waals surface area contributed by atoms with Gasteiger partial charge in [0.1, 0.15) is 23.3 Å². The van der Waals surface area contributed by atoms with Crippen LogP contribution in [-0.2, 0) is 6.54 Å². The predicted octanol–water partition coefficient (Wildman–Crippen LogP) is 4.89. The third-order valence-corrected chi connectivity index (χ3v) is 7.73. The van der Waals surface area contributed by atoms with Crippen LogP contribution in [0.5, 0.6) is 11.5 Å². The minimum atomic E-state index is 0.0752. The lowest BCUT2D eigenvalue weighted by Crippen LogP contribution is -2.38. The maximum absolute atomic E-state index is 12.9. The number of nitrogens with zero attached hydrogens (tertiary/aromatic N) is 5. The van der Waals surface area contributed by atoms with Gasteiger partial charge in [0.2, 0.25) is 0 Å². The van der Waals surface area contributed by atoms with E-state index in [0.717, 1.165) is 75.7 Å². The molecule has 0 N–H and O–H groups in total. The summed E-state index contributed by atoms with van der Waals surface area (Å²) in [5.41, 5.74) is 2.36. The summed E-state index contributed by atoms with van der Waals surface area (Å²) in [6.07, 6.45) is 4.49. The number of aromatic nitrogens is 2. The number of ketones is 1. The summed E-state index contributed by atoms with van der Waals surface area (Å²) < 4.78 is 11.3. The van der Waals surface area contributed by atoms with Crippen molar-refractivity contribution in [3.8, 4) is 17.6 Å². The Bertz CT molecular complexity index is 1260. The molecule has 0 atom stereocenters. The van der Waals surface area contributed by atoms with Crippen molar-refractivity contribution in [1.82, 2.24) is 15.1 Å². The fourth-order valence-corrected chi connectivity index (χ4v) is 5.35. The largest absolute Gasteiger partial charge is 0.497 e. The number of piperidine rings is 2. The predicted molar refractivity (Wildman–Crippen MR) is 149 cm³/mol. The number of likely N-dealkylation sites (tertiary alicyclic amines) is 1. The average Bonchev–Trinajstić information content (AvgIpc) is 2.99. The van der Waals surface area contributed by atoms with Crippen molar-refractivity contribution in [2.45, 2.75) is 44.8 Å². The molecule has 8 heteroatoms. The zero-order chi connectivity index (χ0) is 27.0. The van der Waals surface area contributed by atoms with Crippen LogP contribution in [0.4, 0.5) is 5.82 Å². The van der Waals surface area contributed by atoms with Gasteiger partial charge in [-0.1, -0.05) is 12.1 Å².